The van der Waals surface area contributed by atoms with E-state index in [-0.39, 0.29) is 17.4 Å². The van der Waals surface area contributed by atoms with Gasteiger partial charge in [-0.25, -0.2) is 9.50 Å². The lowest BCUT2D eigenvalue weighted by Gasteiger charge is -2.28. The van der Waals surface area contributed by atoms with E-state index in [4.69, 9.17) is 32.9 Å². The van der Waals surface area contributed by atoms with Crippen LogP contribution >= 0.6 is 23.2 Å². The Balaban J connectivity index is 1.61. The van der Waals surface area contributed by atoms with Crippen LogP contribution < -0.4 is 10.1 Å². The van der Waals surface area contributed by atoms with Gasteiger partial charge in [-0.05, 0) is 36.6 Å². The van der Waals surface area contributed by atoms with Crippen LogP contribution in [0.4, 0.5) is 0 Å². The molecule has 0 radical (unpaired) electrons. The summed E-state index contributed by atoms with van der Waals surface area (Å²) < 4.78 is 7.53. The Kier molecular flexibility index (Phi) is 5.98. The van der Waals surface area contributed by atoms with Crippen molar-refractivity contribution in [1.29, 1.82) is 0 Å². The number of halogens is 2. The van der Waals surface area contributed by atoms with Crippen molar-refractivity contribution in [3.63, 3.8) is 0 Å². The van der Waals surface area contributed by atoms with Gasteiger partial charge in [-0.15, -0.1) is 0 Å². The first-order chi connectivity index (χ1) is 16.6. The number of nitrogens with one attached hydrogen (secondary N) is 1. The number of carbonyl (C=O) groups excluding carboxylic acids is 1. The zero-order valence-electron chi connectivity index (χ0n) is 20.0. The van der Waals surface area contributed by atoms with Crippen molar-refractivity contribution in [3.05, 3.63) is 81.1 Å². The van der Waals surface area contributed by atoms with Crippen LogP contribution in [-0.2, 0) is 5.41 Å². The first-order valence-electron chi connectivity index (χ1n) is 11.5. The first kappa shape index (κ1) is 23.6. The van der Waals surface area contributed by atoms with Crippen molar-refractivity contribution in [3.8, 4) is 17.0 Å². The highest BCUT2D eigenvalue weighted by Gasteiger charge is 2.30. The van der Waals surface area contributed by atoms with Crippen molar-refractivity contribution in [2.75, 3.05) is 6.61 Å². The van der Waals surface area contributed by atoms with Crippen LogP contribution in [0.5, 0.6) is 5.75 Å². The summed E-state index contributed by atoms with van der Waals surface area (Å²) in [5.41, 5.74) is 4.97. The molecule has 0 bridgehead atoms. The number of para-hydroxylation sites is 1. The number of nitrogens with zero attached hydrogens (tertiary/aromatic N) is 3. The number of aromatic nitrogens is 3. The largest absolute Gasteiger partial charge is 0.493 e. The molecule has 1 amide bonds. The minimum absolute atomic E-state index is 0.137. The number of hydrogen-bond donors (Lipinski definition) is 1. The van der Waals surface area contributed by atoms with Gasteiger partial charge in [0.25, 0.3) is 5.91 Å². The van der Waals surface area contributed by atoms with E-state index in [1.165, 1.54) is 0 Å². The van der Waals surface area contributed by atoms with E-state index < -0.39 is 0 Å². The van der Waals surface area contributed by atoms with Crippen molar-refractivity contribution in [1.82, 2.24) is 19.9 Å². The molecule has 0 saturated heterocycles. The van der Waals surface area contributed by atoms with E-state index in [1.54, 1.807) is 16.8 Å². The number of imidazole rings is 1. The Bertz CT molecular complexity index is 1440. The molecule has 1 aliphatic heterocycles. The lowest BCUT2D eigenvalue weighted by atomic mass is 9.84. The predicted molar refractivity (Wildman–Crippen MR) is 139 cm³/mol. The molecule has 5 rings (SSSR count). The van der Waals surface area contributed by atoms with Crippen LogP contribution in [0.3, 0.4) is 0 Å². The summed E-state index contributed by atoms with van der Waals surface area (Å²) in [6.45, 7) is 8.69. The molecule has 1 aliphatic rings. The molecule has 3 heterocycles. The summed E-state index contributed by atoms with van der Waals surface area (Å²) in [5.74, 6) is 0.627. The van der Waals surface area contributed by atoms with Gasteiger partial charge >= 0.3 is 0 Å². The van der Waals surface area contributed by atoms with Gasteiger partial charge < -0.3 is 10.1 Å². The third-order valence-electron chi connectivity index (χ3n) is 6.22. The number of ether oxygens (including phenoxy) is 1. The second-order valence-corrected chi connectivity index (χ2v) is 10.7. The maximum absolute atomic E-state index is 13.6. The van der Waals surface area contributed by atoms with E-state index in [0.717, 1.165) is 33.8 Å². The molecule has 180 valence electrons. The maximum atomic E-state index is 13.6. The zero-order chi connectivity index (χ0) is 24.9. The molecular formula is C27H26Cl2N4O2. The fraction of sp³-hybridized carbons (Fsp3) is 0.296. The molecular weight excluding hydrogens is 483 g/mol. The molecule has 8 heteroatoms. The van der Waals surface area contributed by atoms with Crippen LogP contribution in [0.2, 0.25) is 10.0 Å². The number of fused-ring (bicyclic) bond motifs is 2. The first-order valence-corrected chi connectivity index (χ1v) is 12.3. The Morgan fingerprint density at radius 3 is 2.57 bits per heavy atom. The topological polar surface area (TPSA) is 68.5 Å². The summed E-state index contributed by atoms with van der Waals surface area (Å²) in [7, 11) is 0. The highest BCUT2D eigenvalue weighted by atomic mass is 35.5. The van der Waals surface area contributed by atoms with Crippen molar-refractivity contribution >= 4 is 34.8 Å². The molecule has 6 nitrogen and oxygen atoms in total. The maximum Gasteiger partial charge on any atom is 0.253 e. The predicted octanol–water partition coefficient (Wildman–Crippen LogP) is 6.56. The smallest absolute Gasteiger partial charge is 0.253 e. The number of aryl methyl sites for hydroxylation is 1. The fourth-order valence-corrected chi connectivity index (χ4v) is 5.28. The van der Waals surface area contributed by atoms with Crippen LogP contribution in [0.15, 0.2) is 48.7 Å². The SMILES string of the molecule is Cc1nc2c(C(C)(C)C)c(C(=O)NC3CCOc4ccccc43)cnn2c1-c1cc(Cl)cc(Cl)c1. The molecule has 2 aromatic carbocycles. The molecule has 1 N–H and O–H groups in total. The minimum atomic E-state index is -0.370. The highest BCUT2D eigenvalue weighted by molar-refractivity contribution is 6.35. The quantitative estimate of drug-likeness (QED) is 0.340. The average Bonchev–Trinajstić information content (AvgIpc) is 3.12. The lowest BCUT2D eigenvalue weighted by molar-refractivity contribution is 0.0922. The lowest BCUT2D eigenvalue weighted by Crippen LogP contribution is -2.34. The monoisotopic (exact) mass is 508 g/mol. The second-order valence-electron chi connectivity index (χ2n) is 9.82. The number of rotatable bonds is 3. The van der Waals surface area contributed by atoms with Gasteiger partial charge in [0, 0.05) is 33.2 Å². The molecule has 1 unspecified atom stereocenters. The standard InChI is InChI=1S/C27H26Cl2N4O2/c1-15-24(16-11-17(28)13-18(29)12-16)33-25(31-15)23(27(2,3)4)20(14-30-33)26(34)32-21-9-10-35-22-8-6-5-7-19(21)22/h5-8,11-14,21H,9-10H2,1-4H3,(H,32,34). The average molecular weight is 509 g/mol. The van der Waals surface area contributed by atoms with Crippen molar-refractivity contribution in [2.24, 2.45) is 0 Å². The van der Waals surface area contributed by atoms with E-state index >= 15 is 0 Å². The van der Waals surface area contributed by atoms with Gasteiger partial charge in [0.1, 0.15) is 5.75 Å². The molecule has 0 saturated carbocycles. The third kappa shape index (κ3) is 4.37. The molecule has 0 fully saturated rings. The Hall–Kier alpha value is -3.09. The highest BCUT2D eigenvalue weighted by Crippen LogP contribution is 2.36. The summed E-state index contributed by atoms with van der Waals surface area (Å²) in [6, 6.07) is 13.0. The van der Waals surface area contributed by atoms with E-state index in [1.807, 2.05) is 43.3 Å². The molecule has 0 spiro atoms. The summed E-state index contributed by atoms with van der Waals surface area (Å²) >= 11 is 12.5. The zero-order valence-corrected chi connectivity index (χ0v) is 21.5. The fourth-order valence-electron chi connectivity index (χ4n) is 4.75. The van der Waals surface area contributed by atoms with Gasteiger partial charge in [0.2, 0.25) is 0 Å². The van der Waals surface area contributed by atoms with Crippen LogP contribution in [-0.4, -0.2) is 27.1 Å². The van der Waals surface area contributed by atoms with E-state index in [0.29, 0.717) is 34.3 Å². The number of benzene rings is 2. The number of amides is 1. The molecule has 35 heavy (non-hydrogen) atoms. The second kappa shape index (κ2) is 8.85. The number of hydrogen-bond acceptors (Lipinski definition) is 4. The Labute approximate surface area is 214 Å². The number of carbonyl (C=O) groups is 1. The van der Waals surface area contributed by atoms with Gasteiger partial charge in [-0.1, -0.05) is 62.2 Å². The molecule has 1 atom stereocenters. The van der Waals surface area contributed by atoms with Crippen LogP contribution in [0.1, 0.15) is 60.4 Å². The van der Waals surface area contributed by atoms with Crippen LogP contribution in [0, 0.1) is 6.92 Å². The molecule has 2 aromatic heterocycles. The van der Waals surface area contributed by atoms with Crippen molar-refractivity contribution in [2.45, 2.75) is 45.6 Å². The van der Waals surface area contributed by atoms with Gasteiger partial charge in [0.05, 0.1) is 35.8 Å². The van der Waals surface area contributed by atoms with Gasteiger partial charge in [-0.2, -0.15) is 5.10 Å². The Morgan fingerprint density at radius 2 is 1.86 bits per heavy atom. The normalized spacial score (nSPS) is 15.5. The Morgan fingerprint density at radius 1 is 1.14 bits per heavy atom. The van der Waals surface area contributed by atoms with E-state index in [2.05, 4.69) is 31.2 Å². The van der Waals surface area contributed by atoms with Gasteiger partial charge in [0.15, 0.2) is 5.65 Å². The third-order valence-corrected chi connectivity index (χ3v) is 6.65. The van der Waals surface area contributed by atoms with E-state index in [9.17, 15) is 4.79 Å². The summed E-state index contributed by atoms with van der Waals surface area (Å²) in [6.07, 6.45) is 2.33. The van der Waals surface area contributed by atoms with Gasteiger partial charge in [-0.3, -0.25) is 4.79 Å². The van der Waals surface area contributed by atoms with Crippen molar-refractivity contribution < 1.29 is 9.53 Å². The summed E-state index contributed by atoms with van der Waals surface area (Å²) in [5, 5.41) is 8.92. The van der Waals surface area contributed by atoms with Crippen LogP contribution in [0.25, 0.3) is 16.9 Å². The molecule has 0 aliphatic carbocycles. The minimum Gasteiger partial charge on any atom is -0.493 e. The summed E-state index contributed by atoms with van der Waals surface area (Å²) in [4.78, 5) is 18.5. The molecule has 4 aromatic rings.